The van der Waals surface area contributed by atoms with Crippen LogP contribution in [0.4, 0.5) is 0 Å². The monoisotopic (exact) mass is 261 g/mol. The van der Waals surface area contributed by atoms with E-state index >= 15 is 0 Å². The Balaban J connectivity index is 1.93. The molecule has 2 rings (SSSR count). The van der Waals surface area contributed by atoms with E-state index in [0.717, 1.165) is 10.4 Å². The Morgan fingerprint density at radius 1 is 1.28 bits per heavy atom. The van der Waals surface area contributed by atoms with E-state index in [9.17, 15) is 9.90 Å². The zero-order chi connectivity index (χ0) is 13.0. The van der Waals surface area contributed by atoms with Gasteiger partial charge in [0.1, 0.15) is 5.75 Å². The van der Waals surface area contributed by atoms with Crippen molar-refractivity contribution < 1.29 is 9.90 Å². The lowest BCUT2D eigenvalue weighted by Gasteiger charge is -2.16. The quantitative estimate of drug-likeness (QED) is 0.919. The molecule has 0 saturated heterocycles. The molecule has 0 saturated carbocycles. The van der Waals surface area contributed by atoms with Gasteiger partial charge in [-0.05, 0) is 29.1 Å². The molecular formula is C14H15NO2S. The second-order valence-electron chi connectivity index (χ2n) is 4.17. The van der Waals surface area contributed by atoms with Gasteiger partial charge in [-0.2, -0.15) is 0 Å². The van der Waals surface area contributed by atoms with Gasteiger partial charge in [0.15, 0.2) is 0 Å². The molecule has 0 aliphatic carbocycles. The largest absolute Gasteiger partial charge is 0.508 e. The molecule has 1 heterocycles. The molecular weight excluding hydrogens is 246 g/mol. The van der Waals surface area contributed by atoms with Gasteiger partial charge in [0.05, 0.1) is 6.42 Å². The fraction of sp³-hybridized carbons (Fsp3) is 0.214. The van der Waals surface area contributed by atoms with Crippen LogP contribution in [0.5, 0.6) is 5.75 Å². The topological polar surface area (TPSA) is 40.5 Å². The van der Waals surface area contributed by atoms with E-state index in [-0.39, 0.29) is 11.7 Å². The first-order valence-electron chi connectivity index (χ1n) is 5.69. The van der Waals surface area contributed by atoms with Gasteiger partial charge in [0, 0.05) is 18.5 Å². The van der Waals surface area contributed by atoms with Crippen molar-refractivity contribution in [3.05, 3.63) is 52.2 Å². The standard InChI is InChI=1S/C14H15NO2S/c1-15(10-11-4-6-12(16)7-5-11)14(17)9-13-3-2-8-18-13/h2-8,16H,9-10H2,1H3. The molecule has 0 aliphatic heterocycles. The van der Waals surface area contributed by atoms with E-state index in [2.05, 4.69) is 0 Å². The highest BCUT2D eigenvalue weighted by molar-refractivity contribution is 7.10. The normalized spacial score (nSPS) is 10.3. The van der Waals surface area contributed by atoms with E-state index in [4.69, 9.17) is 0 Å². The van der Waals surface area contributed by atoms with E-state index < -0.39 is 0 Å². The number of rotatable bonds is 4. The number of phenolic OH excluding ortho intramolecular Hbond substituents is 1. The summed E-state index contributed by atoms with van der Waals surface area (Å²) in [6.45, 7) is 0.560. The fourth-order valence-electron chi connectivity index (χ4n) is 1.66. The van der Waals surface area contributed by atoms with Crippen LogP contribution < -0.4 is 0 Å². The Morgan fingerprint density at radius 3 is 2.61 bits per heavy atom. The summed E-state index contributed by atoms with van der Waals surface area (Å²) in [6, 6.07) is 10.8. The molecule has 0 spiro atoms. The number of nitrogens with zero attached hydrogens (tertiary/aromatic N) is 1. The van der Waals surface area contributed by atoms with Gasteiger partial charge in [0.25, 0.3) is 0 Å². The summed E-state index contributed by atoms with van der Waals surface area (Å²) in [5, 5.41) is 11.2. The lowest BCUT2D eigenvalue weighted by Crippen LogP contribution is -2.27. The number of carbonyl (C=O) groups is 1. The first-order chi connectivity index (χ1) is 8.65. The zero-order valence-corrected chi connectivity index (χ0v) is 11.0. The fourth-order valence-corrected chi connectivity index (χ4v) is 2.36. The van der Waals surface area contributed by atoms with Crippen molar-refractivity contribution in [3.63, 3.8) is 0 Å². The van der Waals surface area contributed by atoms with Crippen molar-refractivity contribution in [2.75, 3.05) is 7.05 Å². The average Bonchev–Trinajstić information content (AvgIpc) is 2.85. The maximum Gasteiger partial charge on any atom is 0.227 e. The van der Waals surface area contributed by atoms with Gasteiger partial charge in [-0.15, -0.1) is 11.3 Å². The first-order valence-corrected chi connectivity index (χ1v) is 6.57. The third kappa shape index (κ3) is 3.34. The van der Waals surface area contributed by atoms with Gasteiger partial charge in [0.2, 0.25) is 5.91 Å². The van der Waals surface area contributed by atoms with Gasteiger partial charge in [-0.1, -0.05) is 18.2 Å². The summed E-state index contributed by atoms with van der Waals surface area (Å²) < 4.78 is 0. The number of carbonyl (C=O) groups excluding carboxylic acids is 1. The summed E-state index contributed by atoms with van der Waals surface area (Å²) in [5.41, 5.74) is 1.01. The first kappa shape index (κ1) is 12.6. The van der Waals surface area contributed by atoms with Crippen LogP contribution in [-0.2, 0) is 17.8 Å². The van der Waals surface area contributed by atoms with Crippen molar-refractivity contribution in [2.24, 2.45) is 0 Å². The minimum atomic E-state index is 0.102. The summed E-state index contributed by atoms with van der Waals surface area (Å²) in [5.74, 6) is 0.344. The molecule has 2 aromatic rings. The number of thiophene rings is 1. The van der Waals surface area contributed by atoms with Crippen LogP contribution in [0.2, 0.25) is 0 Å². The molecule has 0 aliphatic rings. The van der Waals surface area contributed by atoms with Gasteiger partial charge in [-0.25, -0.2) is 0 Å². The molecule has 0 unspecified atom stereocenters. The Morgan fingerprint density at radius 2 is 2.00 bits per heavy atom. The van der Waals surface area contributed by atoms with Crippen molar-refractivity contribution in [2.45, 2.75) is 13.0 Å². The number of phenols is 1. The molecule has 3 nitrogen and oxygen atoms in total. The van der Waals surface area contributed by atoms with Crippen molar-refractivity contribution in [1.82, 2.24) is 4.90 Å². The van der Waals surface area contributed by atoms with Crippen molar-refractivity contribution in [3.8, 4) is 5.75 Å². The maximum absolute atomic E-state index is 12.0. The molecule has 18 heavy (non-hydrogen) atoms. The van der Waals surface area contributed by atoms with Crippen LogP contribution in [-0.4, -0.2) is 23.0 Å². The van der Waals surface area contributed by atoms with Crippen LogP contribution >= 0.6 is 11.3 Å². The third-order valence-corrected chi connectivity index (χ3v) is 3.56. The smallest absolute Gasteiger partial charge is 0.227 e. The lowest BCUT2D eigenvalue weighted by molar-refractivity contribution is -0.129. The van der Waals surface area contributed by atoms with Gasteiger partial charge in [-0.3, -0.25) is 4.79 Å². The highest BCUT2D eigenvalue weighted by atomic mass is 32.1. The molecule has 1 aromatic heterocycles. The zero-order valence-electron chi connectivity index (χ0n) is 10.2. The van der Waals surface area contributed by atoms with Crippen LogP contribution in [0.15, 0.2) is 41.8 Å². The molecule has 0 atom stereocenters. The maximum atomic E-state index is 12.0. The Bertz CT molecular complexity index is 505. The number of hydrogen-bond acceptors (Lipinski definition) is 3. The van der Waals surface area contributed by atoms with E-state index in [1.165, 1.54) is 0 Å². The summed E-state index contributed by atoms with van der Waals surface area (Å²) in [7, 11) is 1.79. The van der Waals surface area contributed by atoms with Crippen molar-refractivity contribution >= 4 is 17.2 Å². The highest BCUT2D eigenvalue weighted by Gasteiger charge is 2.10. The number of likely N-dealkylation sites (N-methyl/N-ethyl adjacent to an activating group) is 1. The third-order valence-electron chi connectivity index (χ3n) is 2.69. The number of hydrogen-bond donors (Lipinski definition) is 1. The highest BCUT2D eigenvalue weighted by Crippen LogP contribution is 2.13. The minimum absolute atomic E-state index is 0.102. The van der Waals surface area contributed by atoms with Gasteiger partial charge >= 0.3 is 0 Å². The van der Waals surface area contributed by atoms with Crippen LogP contribution in [0.1, 0.15) is 10.4 Å². The summed E-state index contributed by atoms with van der Waals surface area (Å²) in [6.07, 6.45) is 0.451. The lowest BCUT2D eigenvalue weighted by atomic mass is 10.2. The van der Waals surface area contributed by atoms with Crippen LogP contribution in [0, 0.1) is 0 Å². The van der Waals surface area contributed by atoms with E-state index in [0.29, 0.717) is 13.0 Å². The molecule has 0 bridgehead atoms. The average molecular weight is 261 g/mol. The SMILES string of the molecule is CN(Cc1ccc(O)cc1)C(=O)Cc1cccs1. The van der Waals surface area contributed by atoms with Gasteiger partial charge < -0.3 is 10.0 Å². The molecule has 1 amide bonds. The Labute approximate surface area is 110 Å². The van der Waals surface area contributed by atoms with Crippen molar-refractivity contribution in [1.29, 1.82) is 0 Å². The van der Waals surface area contributed by atoms with E-state index in [1.54, 1.807) is 35.4 Å². The number of amides is 1. The molecule has 1 aromatic carbocycles. The summed E-state index contributed by atoms with van der Waals surface area (Å²) >= 11 is 1.60. The second-order valence-corrected chi connectivity index (χ2v) is 5.20. The predicted octanol–water partition coefficient (Wildman–Crippen LogP) is 2.65. The Hall–Kier alpha value is -1.81. The molecule has 94 valence electrons. The van der Waals surface area contributed by atoms with Crippen LogP contribution in [0.25, 0.3) is 0 Å². The van der Waals surface area contributed by atoms with E-state index in [1.807, 2.05) is 29.6 Å². The number of benzene rings is 1. The molecule has 1 N–H and O–H groups in total. The molecule has 4 heteroatoms. The number of aromatic hydroxyl groups is 1. The minimum Gasteiger partial charge on any atom is -0.508 e. The molecule has 0 fully saturated rings. The predicted molar refractivity (Wildman–Crippen MR) is 72.6 cm³/mol. The summed E-state index contributed by atoms with van der Waals surface area (Å²) in [4.78, 5) is 14.7. The Kier molecular flexibility index (Phi) is 3.99. The van der Waals surface area contributed by atoms with Crippen LogP contribution in [0.3, 0.4) is 0 Å². The second kappa shape index (κ2) is 5.69. The molecule has 0 radical (unpaired) electrons.